The van der Waals surface area contributed by atoms with Crippen LogP contribution in [0, 0.1) is 6.92 Å². The second-order valence-electron chi connectivity index (χ2n) is 7.60. The minimum absolute atomic E-state index is 0.181. The van der Waals surface area contributed by atoms with Crippen LogP contribution in [-0.4, -0.2) is 33.2 Å². The summed E-state index contributed by atoms with van der Waals surface area (Å²) in [6, 6.07) is 12.1. The molecule has 0 radical (unpaired) electrons. The van der Waals surface area contributed by atoms with Gasteiger partial charge in [-0.3, -0.25) is 9.59 Å². The number of hydrogen-bond donors (Lipinski definition) is 2. The molecule has 0 unspecified atom stereocenters. The Labute approximate surface area is 181 Å². The van der Waals surface area contributed by atoms with E-state index < -0.39 is 17.2 Å². The summed E-state index contributed by atoms with van der Waals surface area (Å²) in [5.74, 6) is 0.692. The van der Waals surface area contributed by atoms with E-state index in [1.54, 1.807) is 37.4 Å². The van der Waals surface area contributed by atoms with Gasteiger partial charge in [0.1, 0.15) is 18.7 Å². The highest BCUT2D eigenvalue weighted by molar-refractivity contribution is 6.11. The summed E-state index contributed by atoms with van der Waals surface area (Å²) in [5.41, 5.74) is 1.43. The summed E-state index contributed by atoms with van der Waals surface area (Å²) in [6.07, 6.45) is 1.52. The maximum Gasteiger partial charge on any atom is 0.333 e. The number of anilines is 1. The van der Waals surface area contributed by atoms with Crippen LogP contribution in [0.25, 0.3) is 16.7 Å². The van der Waals surface area contributed by atoms with Gasteiger partial charge in [-0.25, -0.2) is 9.36 Å². The Kier molecular flexibility index (Phi) is 4.58. The lowest BCUT2D eigenvalue weighted by molar-refractivity contribution is 0.102. The van der Waals surface area contributed by atoms with Gasteiger partial charge < -0.3 is 24.3 Å². The summed E-state index contributed by atoms with van der Waals surface area (Å²) >= 11 is 0. The molecule has 4 aromatic rings. The molecule has 0 bridgehead atoms. The Morgan fingerprint density at radius 3 is 2.50 bits per heavy atom. The third-order valence-electron chi connectivity index (χ3n) is 5.36. The van der Waals surface area contributed by atoms with Gasteiger partial charge in [0.25, 0.3) is 11.5 Å². The largest absolute Gasteiger partial charge is 0.486 e. The molecule has 1 amide bonds. The van der Waals surface area contributed by atoms with Crippen LogP contribution >= 0.6 is 0 Å². The van der Waals surface area contributed by atoms with Gasteiger partial charge in [-0.1, -0.05) is 17.7 Å². The van der Waals surface area contributed by atoms with Gasteiger partial charge in [0.2, 0.25) is 0 Å². The summed E-state index contributed by atoms with van der Waals surface area (Å²) in [7, 11) is 1.66. The number of carbonyl (C=O) groups is 1. The summed E-state index contributed by atoms with van der Waals surface area (Å²) in [4.78, 5) is 41.6. The van der Waals surface area contributed by atoms with Crippen molar-refractivity contribution >= 4 is 22.6 Å². The van der Waals surface area contributed by atoms with Gasteiger partial charge >= 0.3 is 5.69 Å². The number of nitrogens with one attached hydrogen (secondary N) is 2. The zero-order valence-electron chi connectivity index (χ0n) is 17.5. The number of aromatic amines is 1. The first kappa shape index (κ1) is 19.7. The lowest BCUT2D eigenvalue weighted by atomic mass is 10.2. The topological polar surface area (TPSA) is 107 Å². The molecular formula is C23H20N4O5. The van der Waals surface area contributed by atoms with E-state index >= 15 is 0 Å². The molecule has 1 aliphatic heterocycles. The second kappa shape index (κ2) is 7.45. The van der Waals surface area contributed by atoms with E-state index in [2.05, 4.69) is 10.3 Å². The number of fused-ring (bicyclic) bond motifs is 2. The fraction of sp³-hybridized carbons (Fsp3) is 0.174. The van der Waals surface area contributed by atoms with Crippen LogP contribution in [0.5, 0.6) is 11.5 Å². The van der Waals surface area contributed by atoms with E-state index in [4.69, 9.17) is 9.47 Å². The number of aryl methyl sites for hydroxylation is 2. The van der Waals surface area contributed by atoms with Crippen LogP contribution in [0.1, 0.15) is 15.9 Å². The van der Waals surface area contributed by atoms with E-state index in [9.17, 15) is 14.4 Å². The normalized spacial score (nSPS) is 12.7. The molecule has 0 spiro atoms. The number of hydrogen-bond acceptors (Lipinski definition) is 5. The van der Waals surface area contributed by atoms with Crippen LogP contribution in [-0.2, 0) is 7.05 Å². The van der Waals surface area contributed by atoms with Crippen molar-refractivity contribution in [1.82, 2.24) is 14.1 Å². The first-order chi connectivity index (χ1) is 15.4. The van der Waals surface area contributed by atoms with Gasteiger partial charge in [0, 0.05) is 25.0 Å². The van der Waals surface area contributed by atoms with E-state index in [1.807, 2.05) is 19.1 Å². The lowest BCUT2D eigenvalue weighted by Gasteiger charge is -2.18. The second-order valence-corrected chi connectivity index (χ2v) is 7.60. The van der Waals surface area contributed by atoms with Gasteiger partial charge in [-0.2, -0.15) is 0 Å². The first-order valence-electron chi connectivity index (χ1n) is 10.0. The molecule has 162 valence electrons. The molecule has 2 aromatic heterocycles. The van der Waals surface area contributed by atoms with Crippen LogP contribution in [0.4, 0.5) is 5.69 Å². The summed E-state index contributed by atoms with van der Waals surface area (Å²) in [6.45, 7) is 2.83. The summed E-state index contributed by atoms with van der Waals surface area (Å²) < 4.78 is 13.6. The number of benzene rings is 2. The Balaban J connectivity index is 1.55. The highest BCUT2D eigenvalue weighted by Crippen LogP contribution is 2.32. The van der Waals surface area contributed by atoms with E-state index in [1.165, 1.54) is 10.8 Å². The third-order valence-corrected chi connectivity index (χ3v) is 5.36. The van der Waals surface area contributed by atoms with Crippen LogP contribution in [0.15, 0.2) is 58.3 Å². The van der Waals surface area contributed by atoms with Crippen LogP contribution in [0.2, 0.25) is 0 Å². The number of rotatable bonds is 3. The van der Waals surface area contributed by atoms with E-state index in [0.29, 0.717) is 36.1 Å². The number of ether oxygens (including phenoxy) is 2. The van der Waals surface area contributed by atoms with E-state index in [0.717, 1.165) is 10.1 Å². The minimum atomic E-state index is -0.620. The number of nitrogens with zero attached hydrogens (tertiary/aromatic N) is 2. The average Bonchev–Trinajstić information content (AvgIpc) is 3.11. The fourth-order valence-corrected chi connectivity index (χ4v) is 3.79. The molecular weight excluding hydrogens is 412 g/mol. The lowest BCUT2D eigenvalue weighted by Crippen LogP contribution is -2.34. The summed E-state index contributed by atoms with van der Waals surface area (Å²) in [5, 5.41) is 2.79. The number of amides is 1. The molecule has 0 saturated carbocycles. The van der Waals surface area contributed by atoms with Gasteiger partial charge in [-0.15, -0.1) is 0 Å². The monoisotopic (exact) mass is 432 g/mol. The van der Waals surface area contributed by atoms with Crippen molar-refractivity contribution in [2.24, 2.45) is 7.05 Å². The average molecular weight is 432 g/mol. The third kappa shape index (κ3) is 3.24. The molecule has 0 atom stereocenters. The molecule has 2 aromatic carbocycles. The Hall–Kier alpha value is -4.27. The van der Waals surface area contributed by atoms with Crippen molar-refractivity contribution < 1.29 is 14.3 Å². The van der Waals surface area contributed by atoms with Crippen LogP contribution in [0.3, 0.4) is 0 Å². The molecule has 0 saturated heterocycles. The van der Waals surface area contributed by atoms with Gasteiger partial charge in [0.15, 0.2) is 11.5 Å². The van der Waals surface area contributed by atoms with Crippen LogP contribution < -0.4 is 26.0 Å². The fourth-order valence-electron chi connectivity index (χ4n) is 3.79. The molecule has 3 heterocycles. The Bertz CT molecular complexity index is 1480. The zero-order valence-corrected chi connectivity index (χ0v) is 17.5. The molecule has 2 N–H and O–H groups in total. The quantitative estimate of drug-likeness (QED) is 0.517. The highest BCUT2D eigenvalue weighted by Gasteiger charge is 2.21. The van der Waals surface area contributed by atoms with Crippen molar-refractivity contribution in [2.75, 3.05) is 18.5 Å². The Morgan fingerprint density at radius 1 is 1.03 bits per heavy atom. The van der Waals surface area contributed by atoms with E-state index in [-0.39, 0.29) is 16.6 Å². The molecule has 5 rings (SSSR count). The molecule has 9 heteroatoms. The molecule has 1 aliphatic rings. The van der Waals surface area contributed by atoms with Crippen molar-refractivity contribution in [1.29, 1.82) is 0 Å². The zero-order chi connectivity index (χ0) is 22.4. The predicted octanol–water partition coefficient (Wildman–Crippen LogP) is 2.35. The Morgan fingerprint density at radius 2 is 1.75 bits per heavy atom. The highest BCUT2D eigenvalue weighted by atomic mass is 16.6. The van der Waals surface area contributed by atoms with Gasteiger partial charge in [-0.05, 0) is 31.2 Å². The van der Waals surface area contributed by atoms with Crippen molar-refractivity contribution in [3.8, 4) is 17.2 Å². The predicted molar refractivity (Wildman–Crippen MR) is 119 cm³/mol. The molecule has 32 heavy (non-hydrogen) atoms. The molecule has 0 fully saturated rings. The SMILES string of the molecule is Cc1ccc(-n2c(=O)[nH]c3c(C(=O)Nc4ccc5c(c4)OCCO5)cn(C)c3c2=O)cc1. The number of H-pyrrole nitrogens is 1. The van der Waals surface area contributed by atoms with Crippen molar-refractivity contribution in [2.45, 2.75) is 6.92 Å². The maximum absolute atomic E-state index is 13.2. The van der Waals surface area contributed by atoms with Crippen molar-refractivity contribution in [3.05, 3.63) is 80.6 Å². The number of aromatic nitrogens is 3. The standard InChI is InChI=1S/C23H20N4O5/c1-13-3-6-15(7-4-13)27-22(29)20-19(25-23(27)30)16(12-26(20)2)21(28)24-14-5-8-17-18(11-14)32-10-9-31-17/h3-8,11-12H,9-10H2,1-2H3,(H,24,28)(H,25,30). The molecule has 9 nitrogen and oxygen atoms in total. The first-order valence-corrected chi connectivity index (χ1v) is 10.0. The smallest absolute Gasteiger partial charge is 0.333 e. The minimum Gasteiger partial charge on any atom is -0.486 e. The van der Waals surface area contributed by atoms with Gasteiger partial charge in [0.05, 0.1) is 16.8 Å². The maximum atomic E-state index is 13.2. The van der Waals surface area contributed by atoms with Crippen molar-refractivity contribution in [3.63, 3.8) is 0 Å². The molecule has 0 aliphatic carbocycles. The number of carbonyl (C=O) groups excluding carboxylic acids is 1.